The average molecular weight is 365 g/mol. The highest BCUT2D eigenvalue weighted by Crippen LogP contribution is 2.20. The summed E-state index contributed by atoms with van der Waals surface area (Å²) >= 11 is 0. The number of hydrogen-bond acceptors (Lipinski definition) is 5. The average Bonchev–Trinajstić information content (AvgIpc) is 3.21. The second kappa shape index (κ2) is 8.93. The Kier molecular flexibility index (Phi) is 6.14. The number of aromatic nitrogens is 4. The van der Waals surface area contributed by atoms with E-state index in [4.69, 9.17) is 4.74 Å². The number of carbonyl (C=O) groups is 1. The van der Waals surface area contributed by atoms with Gasteiger partial charge in [0.05, 0.1) is 7.11 Å². The smallest absolute Gasteiger partial charge is 0.245 e. The largest absolute Gasteiger partial charge is 0.496 e. The molecule has 3 rings (SSSR count). The monoisotopic (exact) mass is 365 g/mol. The molecule has 140 valence electrons. The van der Waals surface area contributed by atoms with Crippen molar-refractivity contribution in [3.05, 3.63) is 71.5 Å². The molecule has 0 aliphatic carbocycles. The number of nitrogens with zero attached hydrogens (tertiary/aromatic N) is 4. The van der Waals surface area contributed by atoms with Gasteiger partial charge < -0.3 is 10.1 Å². The van der Waals surface area contributed by atoms with Gasteiger partial charge in [-0.25, -0.2) is 4.68 Å². The fourth-order valence-corrected chi connectivity index (χ4v) is 3.00. The Balaban J connectivity index is 1.66. The quantitative estimate of drug-likeness (QED) is 0.661. The molecule has 0 aliphatic heterocycles. The Labute approximate surface area is 158 Å². The van der Waals surface area contributed by atoms with Gasteiger partial charge in [0.2, 0.25) is 5.91 Å². The molecule has 0 saturated heterocycles. The van der Waals surface area contributed by atoms with Crippen LogP contribution >= 0.6 is 0 Å². The number of tetrazole rings is 1. The first-order valence-electron chi connectivity index (χ1n) is 8.85. The molecule has 1 amide bonds. The number of nitrogens with one attached hydrogen (secondary N) is 1. The maximum Gasteiger partial charge on any atom is 0.245 e. The molecular weight excluding hydrogens is 342 g/mol. The van der Waals surface area contributed by atoms with Crippen LogP contribution in [0.5, 0.6) is 5.75 Å². The number of carbonyl (C=O) groups excluding carboxylic acids is 1. The van der Waals surface area contributed by atoms with E-state index in [2.05, 4.69) is 26.9 Å². The van der Waals surface area contributed by atoms with E-state index in [0.717, 1.165) is 22.4 Å². The SMILES string of the molecule is COc1ccc(C)cc1CCNC(=O)C(Cc1ccccc1)n1cnnn1. The van der Waals surface area contributed by atoms with Crippen LogP contribution in [0.3, 0.4) is 0 Å². The van der Waals surface area contributed by atoms with Crippen molar-refractivity contribution in [3.8, 4) is 5.75 Å². The molecule has 7 heteroatoms. The van der Waals surface area contributed by atoms with Gasteiger partial charge in [-0.3, -0.25) is 4.79 Å². The molecule has 2 aromatic carbocycles. The van der Waals surface area contributed by atoms with Crippen LogP contribution in [-0.2, 0) is 17.6 Å². The number of hydrogen-bond donors (Lipinski definition) is 1. The summed E-state index contributed by atoms with van der Waals surface area (Å²) in [4.78, 5) is 12.8. The minimum absolute atomic E-state index is 0.113. The van der Waals surface area contributed by atoms with E-state index in [9.17, 15) is 4.79 Å². The Bertz CT molecular complexity index is 865. The summed E-state index contributed by atoms with van der Waals surface area (Å²) in [5.74, 6) is 0.717. The molecule has 0 spiro atoms. The number of benzene rings is 2. The summed E-state index contributed by atoms with van der Waals surface area (Å²) in [5.41, 5.74) is 3.28. The zero-order valence-electron chi connectivity index (χ0n) is 15.5. The fourth-order valence-electron chi connectivity index (χ4n) is 3.00. The van der Waals surface area contributed by atoms with Crippen LogP contribution in [0.15, 0.2) is 54.9 Å². The van der Waals surface area contributed by atoms with E-state index < -0.39 is 6.04 Å². The van der Waals surface area contributed by atoms with Gasteiger partial charge in [0.25, 0.3) is 0 Å². The molecule has 7 nitrogen and oxygen atoms in total. The van der Waals surface area contributed by atoms with Gasteiger partial charge in [0.1, 0.15) is 18.1 Å². The van der Waals surface area contributed by atoms with Crippen LogP contribution in [0.25, 0.3) is 0 Å². The number of amides is 1. The highest BCUT2D eigenvalue weighted by atomic mass is 16.5. The second-order valence-corrected chi connectivity index (χ2v) is 6.35. The maximum atomic E-state index is 12.8. The molecule has 0 saturated carbocycles. The third-order valence-electron chi connectivity index (χ3n) is 4.39. The standard InChI is InChI=1S/C20H23N5O2/c1-15-8-9-19(27-2)17(12-15)10-11-21-20(26)18(25-14-22-23-24-25)13-16-6-4-3-5-7-16/h3-9,12,14,18H,10-11,13H2,1-2H3,(H,21,26). The molecule has 27 heavy (non-hydrogen) atoms. The van der Waals surface area contributed by atoms with Crippen LogP contribution in [-0.4, -0.2) is 39.8 Å². The fraction of sp³-hybridized carbons (Fsp3) is 0.300. The normalized spacial score (nSPS) is 11.8. The van der Waals surface area contributed by atoms with Crippen LogP contribution < -0.4 is 10.1 Å². The van der Waals surface area contributed by atoms with Crippen molar-refractivity contribution in [1.82, 2.24) is 25.5 Å². The van der Waals surface area contributed by atoms with Crippen molar-refractivity contribution >= 4 is 5.91 Å². The lowest BCUT2D eigenvalue weighted by Crippen LogP contribution is -2.35. The van der Waals surface area contributed by atoms with E-state index in [1.54, 1.807) is 7.11 Å². The molecule has 1 unspecified atom stereocenters. The van der Waals surface area contributed by atoms with Crippen LogP contribution in [0, 0.1) is 6.92 Å². The predicted octanol–water partition coefficient (Wildman–Crippen LogP) is 2.13. The highest BCUT2D eigenvalue weighted by Gasteiger charge is 2.22. The third kappa shape index (κ3) is 4.91. The molecule has 1 atom stereocenters. The van der Waals surface area contributed by atoms with Crippen molar-refractivity contribution in [2.45, 2.75) is 25.8 Å². The molecule has 1 aromatic heterocycles. The highest BCUT2D eigenvalue weighted by molar-refractivity contribution is 5.80. The van der Waals surface area contributed by atoms with Gasteiger partial charge >= 0.3 is 0 Å². The van der Waals surface area contributed by atoms with Gasteiger partial charge in [0, 0.05) is 13.0 Å². The van der Waals surface area contributed by atoms with E-state index >= 15 is 0 Å². The lowest BCUT2D eigenvalue weighted by Gasteiger charge is -2.17. The summed E-state index contributed by atoms with van der Waals surface area (Å²) in [6.45, 7) is 2.54. The summed E-state index contributed by atoms with van der Waals surface area (Å²) < 4.78 is 6.90. The third-order valence-corrected chi connectivity index (χ3v) is 4.39. The molecule has 0 radical (unpaired) electrons. The Morgan fingerprint density at radius 2 is 2.04 bits per heavy atom. The lowest BCUT2D eigenvalue weighted by molar-refractivity contribution is -0.124. The van der Waals surface area contributed by atoms with Gasteiger partial charge in [-0.2, -0.15) is 0 Å². The van der Waals surface area contributed by atoms with E-state index in [1.165, 1.54) is 11.0 Å². The van der Waals surface area contributed by atoms with Crippen LogP contribution in [0.1, 0.15) is 22.7 Å². The molecule has 3 aromatic rings. The maximum absolute atomic E-state index is 12.8. The molecule has 1 heterocycles. The van der Waals surface area contributed by atoms with Gasteiger partial charge in [-0.15, -0.1) is 5.10 Å². The Morgan fingerprint density at radius 3 is 2.74 bits per heavy atom. The van der Waals surface area contributed by atoms with E-state index in [1.807, 2.05) is 49.4 Å². The second-order valence-electron chi connectivity index (χ2n) is 6.35. The van der Waals surface area contributed by atoms with Gasteiger partial charge in [0.15, 0.2) is 0 Å². The molecular formula is C20H23N5O2. The van der Waals surface area contributed by atoms with Crippen molar-refractivity contribution in [2.24, 2.45) is 0 Å². The lowest BCUT2D eigenvalue weighted by atomic mass is 10.0. The number of methoxy groups -OCH3 is 1. The predicted molar refractivity (Wildman–Crippen MR) is 101 cm³/mol. The van der Waals surface area contributed by atoms with Crippen molar-refractivity contribution < 1.29 is 9.53 Å². The molecule has 0 bridgehead atoms. The first kappa shape index (κ1) is 18.6. The topological polar surface area (TPSA) is 81.9 Å². The zero-order chi connectivity index (χ0) is 19.1. The number of aryl methyl sites for hydroxylation is 1. The molecule has 0 fully saturated rings. The first-order valence-corrected chi connectivity index (χ1v) is 8.85. The van der Waals surface area contributed by atoms with Crippen LogP contribution in [0.4, 0.5) is 0 Å². The molecule has 0 aliphatic rings. The van der Waals surface area contributed by atoms with Crippen molar-refractivity contribution in [1.29, 1.82) is 0 Å². The first-order chi connectivity index (χ1) is 13.2. The summed E-state index contributed by atoms with van der Waals surface area (Å²) in [5, 5.41) is 14.2. The minimum atomic E-state index is -0.498. The van der Waals surface area contributed by atoms with Crippen LogP contribution in [0.2, 0.25) is 0 Å². The summed E-state index contributed by atoms with van der Waals surface area (Å²) in [7, 11) is 1.65. The van der Waals surface area contributed by atoms with Gasteiger partial charge in [-0.1, -0.05) is 48.0 Å². The molecule has 1 N–H and O–H groups in total. The summed E-state index contributed by atoms with van der Waals surface area (Å²) in [6, 6.07) is 15.4. The number of ether oxygens (including phenoxy) is 1. The minimum Gasteiger partial charge on any atom is -0.496 e. The Morgan fingerprint density at radius 1 is 1.22 bits per heavy atom. The van der Waals surface area contributed by atoms with E-state index in [-0.39, 0.29) is 5.91 Å². The van der Waals surface area contributed by atoms with E-state index in [0.29, 0.717) is 19.4 Å². The van der Waals surface area contributed by atoms with Gasteiger partial charge in [-0.05, 0) is 41.0 Å². The zero-order valence-corrected chi connectivity index (χ0v) is 15.5. The summed E-state index contributed by atoms with van der Waals surface area (Å²) in [6.07, 6.45) is 2.67. The Hall–Kier alpha value is -3.22. The van der Waals surface area contributed by atoms with Crippen molar-refractivity contribution in [3.63, 3.8) is 0 Å². The number of rotatable bonds is 8. The van der Waals surface area contributed by atoms with Crippen molar-refractivity contribution in [2.75, 3.05) is 13.7 Å².